The lowest BCUT2D eigenvalue weighted by molar-refractivity contribution is -0.113. The lowest BCUT2D eigenvalue weighted by Crippen LogP contribution is -2.16. The SMILES string of the molecule is CCCc1cc(=O)[nH]c(SCC(=O)Nc2ccc(OC)c(Cl)c2)n1. The molecule has 1 heterocycles. The van der Waals surface area contributed by atoms with E-state index in [-0.39, 0.29) is 17.2 Å². The average molecular weight is 368 g/mol. The predicted molar refractivity (Wildman–Crippen MR) is 96.2 cm³/mol. The zero-order valence-electron chi connectivity index (χ0n) is 13.4. The Morgan fingerprint density at radius 1 is 1.42 bits per heavy atom. The number of nitrogens with one attached hydrogen (secondary N) is 2. The molecule has 0 spiro atoms. The summed E-state index contributed by atoms with van der Waals surface area (Å²) in [6.45, 7) is 2.02. The third-order valence-corrected chi connectivity index (χ3v) is 4.22. The molecule has 1 aromatic carbocycles. The molecule has 128 valence electrons. The number of thioether (sulfide) groups is 1. The van der Waals surface area contributed by atoms with Crippen LogP contribution in [0.25, 0.3) is 0 Å². The molecule has 0 radical (unpaired) electrons. The molecule has 2 aromatic rings. The summed E-state index contributed by atoms with van der Waals surface area (Å²) in [5.74, 6) is 0.450. The number of anilines is 1. The Kier molecular flexibility index (Phi) is 6.69. The third-order valence-electron chi connectivity index (χ3n) is 3.05. The number of carbonyl (C=O) groups excluding carboxylic acids is 1. The molecule has 0 aliphatic heterocycles. The van der Waals surface area contributed by atoms with Gasteiger partial charge in [0.15, 0.2) is 5.16 Å². The average Bonchev–Trinajstić information content (AvgIpc) is 2.53. The summed E-state index contributed by atoms with van der Waals surface area (Å²) in [4.78, 5) is 30.6. The van der Waals surface area contributed by atoms with Gasteiger partial charge in [0.05, 0.1) is 17.9 Å². The molecule has 1 amide bonds. The maximum Gasteiger partial charge on any atom is 0.251 e. The smallest absolute Gasteiger partial charge is 0.251 e. The van der Waals surface area contributed by atoms with E-state index in [0.717, 1.165) is 18.5 Å². The first kappa shape index (κ1) is 18.4. The second kappa shape index (κ2) is 8.75. The zero-order valence-corrected chi connectivity index (χ0v) is 15.0. The van der Waals surface area contributed by atoms with E-state index in [4.69, 9.17) is 16.3 Å². The number of methoxy groups -OCH3 is 1. The van der Waals surface area contributed by atoms with Gasteiger partial charge in [-0.2, -0.15) is 0 Å². The first-order chi connectivity index (χ1) is 11.5. The van der Waals surface area contributed by atoms with Crippen molar-refractivity contribution in [2.75, 3.05) is 18.2 Å². The molecular weight excluding hydrogens is 350 g/mol. The molecule has 6 nitrogen and oxygen atoms in total. The van der Waals surface area contributed by atoms with Crippen molar-refractivity contribution in [3.05, 3.63) is 45.3 Å². The van der Waals surface area contributed by atoms with Gasteiger partial charge in [0.2, 0.25) is 5.91 Å². The predicted octanol–water partition coefficient (Wildman–Crippen LogP) is 3.12. The Labute approximate surface area is 149 Å². The first-order valence-corrected chi connectivity index (χ1v) is 8.74. The molecule has 0 unspecified atom stereocenters. The second-order valence-electron chi connectivity index (χ2n) is 4.98. The van der Waals surface area contributed by atoms with Gasteiger partial charge in [0.25, 0.3) is 5.56 Å². The van der Waals surface area contributed by atoms with Crippen molar-refractivity contribution >= 4 is 35.0 Å². The van der Waals surface area contributed by atoms with Crippen molar-refractivity contribution in [2.45, 2.75) is 24.9 Å². The molecule has 0 saturated heterocycles. The summed E-state index contributed by atoms with van der Waals surface area (Å²) in [6, 6.07) is 6.48. The lowest BCUT2D eigenvalue weighted by Gasteiger charge is -2.08. The summed E-state index contributed by atoms with van der Waals surface area (Å²) >= 11 is 7.20. The van der Waals surface area contributed by atoms with Crippen molar-refractivity contribution in [2.24, 2.45) is 0 Å². The molecule has 0 fully saturated rings. The highest BCUT2D eigenvalue weighted by Crippen LogP contribution is 2.27. The number of amides is 1. The van der Waals surface area contributed by atoms with Gasteiger partial charge >= 0.3 is 0 Å². The van der Waals surface area contributed by atoms with Crippen LogP contribution in [0.1, 0.15) is 19.0 Å². The Morgan fingerprint density at radius 2 is 2.21 bits per heavy atom. The van der Waals surface area contributed by atoms with Gasteiger partial charge in [-0.25, -0.2) is 4.98 Å². The van der Waals surface area contributed by atoms with Crippen LogP contribution in [-0.2, 0) is 11.2 Å². The van der Waals surface area contributed by atoms with E-state index < -0.39 is 0 Å². The number of hydrogen-bond donors (Lipinski definition) is 2. The van der Waals surface area contributed by atoms with Crippen molar-refractivity contribution < 1.29 is 9.53 Å². The summed E-state index contributed by atoms with van der Waals surface area (Å²) in [6.07, 6.45) is 1.63. The quantitative estimate of drug-likeness (QED) is 0.580. The number of aromatic nitrogens is 2. The molecular formula is C16H18ClN3O3S. The zero-order chi connectivity index (χ0) is 17.5. The molecule has 24 heavy (non-hydrogen) atoms. The maximum atomic E-state index is 12.0. The lowest BCUT2D eigenvalue weighted by atomic mass is 10.2. The molecule has 2 N–H and O–H groups in total. The highest BCUT2D eigenvalue weighted by molar-refractivity contribution is 7.99. The van der Waals surface area contributed by atoms with Crippen LogP contribution in [0, 0.1) is 0 Å². The fraction of sp³-hybridized carbons (Fsp3) is 0.312. The van der Waals surface area contributed by atoms with E-state index in [1.165, 1.54) is 24.9 Å². The van der Waals surface area contributed by atoms with E-state index in [2.05, 4.69) is 15.3 Å². The van der Waals surface area contributed by atoms with Gasteiger partial charge in [-0.3, -0.25) is 9.59 Å². The summed E-state index contributed by atoms with van der Waals surface area (Å²) < 4.78 is 5.06. The fourth-order valence-electron chi connectivity index (χ4n) is 2.01. The van der Waals surface area contributed by atoms with Crippen molar-refractivity contribution in [1.29, 1.82) is 0 Å². The van der Waals surface area contributed by atoms with Crippen LogP contribution in [0.5, 0.6) is 5.75 Å². The number of carbonyl (C=O) groups is 1. The van der Waals surface area contributed by atoms with Crippen molar-refractivity contribution in [3.8, 4) is 5.75 Å². The van der Waals surface area contributed by atoms with Gasteiger partial charge in [-0.15, -0.1) is 0 Å². The van der Waals surface area contributed by atoms with Gasteiger partial charge in [-0.05, 0) is 24.6 Å². The Morgan fingerprint density at radius 3 is 2.88 bits per heavy atom. The Hall–Kier alpha value is -1.99. The molecule has 2 rings (SSSR count). The van der Waals surface area contributed by atoms with E-state index in [0.29, 0.717) is 21.6 Å². The number of nitrogens with zero attached hydrogens (tertiary/aromatic N) is 1. The minimum Gasteiger partial charge on any atom is -0.495 e. The van der Waals surface area contributed by atoms with E-state index in [9.17, 15) is 9.59 Å². The second-order valence-corrected chi connectivity index (χ2v) is 6.35. The minimum absolute atomic E-state index is 0.127. The number of H-pyrrole nitrogens is 1. The van der Waals surface area contributed by atoms with Crippen molar-refractivity contribution in [1.82, 2.24) is 9.97 Å². The van der Waals surface area contributed by atoms with Crippen LogP contribution in [-0.4, -0.2) is 28.7 Å². The standard InChI is InChI=1S/C16H18ClN3O3S/c1-3-4-10-8-14(21)20-16(19-10)24-9-15(22)18-11-5-6-13(23-2)12(17)7-11/h5-8H,3-4,9H2,1-2H3,(H,18,22)(H,19,20,21). The number of rotatable bonds is 7. The summed E-state index contributed by atoms with van der Waals surface area (Å²) in [5, 5.41) is 3.60. The van der Waals surface area contributed by atoms with Gasteiger partial charge in [0.1, 0.15) is 5.75 Å². The molecule has 1 aromatic heterocycles. The number of aryl methyl sites for hydroxylation is 1. The van der Waals surface area contributed by atoms with Gasteiger partial charge < -0.3 is 15.0 Å². The minimum atomic E-state index is -0.218. The van der Waals surface area contributed by atoms with E-state index >= 15 is 0 Å². The molecule has 0 aliphatic carbocycles. The molecule has 0 atom stereocenters. The van der Waals surface area contributed by atoms with Crippen LogP contribution >= 0.6 is 23.4 Å². The van der Waals surface area contributed by atoms with Crippen molar-refractivity contribution in [3.63, 3.8) is 0 Å². The van der Waals surface area contributed by atoms with Crippen LogP contribution in [0.4, 0.5) is 5.69 Å². The topological polar surface area (TPSA) is 84.1 Å². The maximum absolute atomic E-state index is 12.0. The molecule has 0 aliphatic rings. The van der Waals surface area contributed by atoms with Gasteiger partial charge in [-0.1, -0.05) is 36.7 Å². The van der Waals surface area contributed by atoms with E-state index in [1.54, 1.807) is 18.2 Å². The highest BCUT2D eigenvalue weighted by atomic mass is 35.5. The van der Waals surface area contributed by atoms with Crippen LogP contribution in [0.15, 0.2) is 34.2 Å². The number of benzene rings is 1. The van der Waals surface area contributed by atoms with Crippen LogP contribution < -0.4 is 15.6 Å². The normalized spacial score (nSPS) is 10.5. The fourth-order valence-corrected chi connectivity index (χ4v) is 2.96. The summed E-state index contributed by atoms with van der Waals surface area (Å²) in [5.41, 5.74) is 1.09. The summed E-state index contributed by atoms with van der Waals surface area (Å²) in [7, 11) is 1.52. The number of ether oxygens (including phenoxy) is 1. The monoisotopic (exact) mass is 367 g/mol. The number of halogens is 1. The largest absolute Gasteiger partial charge is 0.495 e. The molecule has 8 heteroatoms. The Bertz CT molecular complexity index is 779. The van der Waals surface area contributed by atoms with Crippen LogP contribution in [0.3, 0.4) is 0 Å². The number of aromatic amines is 1. The number of hydrogen-bond acceptors (Lipinski definition) is 5. The highest BCUT2D eigenvalue weighted by Gasteiger charge is 2.08. The Balaban J connectivity index is 1.96. The third kappa shape index (κ3) is 5.28. The van der Waals surface area contributed by atoms with Gasteiger partial charge in [0, 0.05) is 17.4 Å². The molecule has 0 saturated carbocycles. The van der Waals surface area contributed by atoms with E-state index in [1.807, 2.05) is 6.92 Å². The first-order valence-electron chi connectivity index (χ1n) is 7.38. The van der Waals surface area contributed by atoms with Crippen LogP contribution in [0.2, 0.25) is 5.02 Å². The molecule has 0 bridgehead atoms.